The molecule has 0 fully saturated rings. The molecule has 0 N–H and O–H groups in total. The fourth-order valence-electron chi connectivity index (χ4n) is 1.25. The van der Waals surface area contributed by atoms with Gasteiger partial charge >= 0.3 is 0 Å². The van der Waals surface area contributed by atoms with Gasteiger partial charge in [-0.1, -0.05) is 15.9 Å². The fourth-order valence-corrected chi connectivity index (χ4v) is 1.45. The molecule has 2 nitrogen and oxygen atoms in total. The van der Waals surface area contributed by atoms with E-state index in [0.717, 1.165) is 0 Å². The molecule has 15 heavy (non-hydrogen) atoms. The van der Waals surface area contributed by atoms with E-state index in [1.54, 1.807) is 6.07 Å². The number of Topliss-reactive ketones (excluding diaryl/α,β-unsaturated/α-hetero) is 1. The maximum Gasteiger partial charge on any atom is 0.147 e. The van der Waals surface area contributed by atoms with Crippen molar-refractivity contribution in [3.63, 3.8) is 0 Å². The van der Waals surface area contributed by atoms with Crippen molar-refractivity contribution in [3.8, 4) is 5.75 Å². The number of benzene rings is 1. The lowest BCUT2D eigenvalue weighted by Gasteiger charge is -2.05. The molecule has 0 heterocycles. The smallest absolute Gasteiger partial charge is 0.147 e. The predicted molar refractivity (Wildman–Crippen MR) is 60.1 cm³/mol. The van der Waals surface area contributed by atoms with Gasteiger partial charge in [0.2, 0.25) is 0 Å². The fraction of sp³-hybridized carbons (Fsp3) is 0.364. The Morgan fingerprint density at radius 2 is 2.20 bits per heavy atom. The average Bonchev–Trinajstić information content (AvgIpc) is 2.17. The van der Waals surface area contributed by atoms with Crippen molar-refractivity contribution in [1.82, 2.24) is 0 Å². The number of alkyl halides is 1. The van der Waals surface area contributed by atoms with Gasteiger partial charge in [-0.05, 0) is 24.6 Å². The number of hydrogen-bond donors (Lipinski definition) is 0. The highest BCUT2D eigenvalue weighted by molar-refractivity contribution is 9.09. The van der Waals surface area contributed by atoms with Crippen molar-refractivity contribution >= 4 is 21.7 Å². The van der Waals surface area contributed by atoms with Crippen LogP contribution in [0.2, 0.25) is 0 Å². The Morgan fingerprint density at radius 1 is 1.47 bits per heavy atom. The first kappa shape index (κ1) is 12.2. The lowest BCUT2D eigenvalue weighted by Crippen LogP contribution is -2.04. The average molecular weight is 275 g/mol. The van der Waals surface area contributed by atoms with Crippen molar-refractivity contribution in [1.29, 1.82) is 0 Å². The van der Waals surface area contributed by atoms with Gasteiger partial charge < -0.3 is 4.74 Å². The van der Waals surface area contributed by atoms with E-state index in [1.807, 2.05) is 6.92 Å². The molecule has 1 rings (SSSR count). The molecule has 82 valence electrons. The van der Waals surface area contributed by atoms with Crippen LogP contribution in [0.15, 0.2) is 18.2 Å². The van der Waals surface area contributed by atoms with E-state index in [0.29, 0.717) is 17.9 Å². The van der Waals surface area contributed by atoms with Crippen LogP contribution in [-0.2, 0) is 11.2 Å². The molecule has 1 aromatic carbocycles. The molecule has 0 aliphatic carbocycles. The van der Waals surface area contributed by atoms with Crippen LogP contribution in [0.4, 0.5) is 4.39 Å². The highest BCUT2D eigenvalue weighted by Crippen LogP contribution is 2.17. The molecule has 0 saturated heterocycles. The molecule has 0 aliphatic heterocycles. The monoisotopic (exact) mass is 274 g/mol. The van der Waals surface area contributed by atoms with Gasteiger partial charge in [0, 0.05) is 12.5 Å². The van der Waals surface area contributed by atoms with Crippen LogP contribution in [0.5, 0.6) is 5.75 Å². The zero-order valence-corrected chi connectivity index (χ0v) is 10.0. The number of ether oxygens (including phenoxy) is 1. The molecule has 1 aromatic rings. The minimum absolute atomic E-state index is 0.0167. The number of ketones is 1. The van der Waals surface area contributed by atoms with E-state index in [4.69, 9.17) is 4.74 Å². The van der Waals surface area contributed by atoms with Gasteiger partial charge in [0.25, 0.3) is 0 Å². The van der Waals surface area contributed by atoms with Gasteiger partial charge in [0.15, 0.2) is 0 Å². The Morgan fingerprint density at radius 3 is 2.80 bits per heavy atom. The highest BCUT2D eigenvalue weighted by atomic mass is 79.9. The van der Waals surface area contributed by atoms with Crippen molar-refractivity contribution in [3.05, 3.63) is 29.6 Å². The normalized spacial score (nSPS) is 10.1. The first-order valence-electron chi connectivity index (χ1n) is 4.65. The third-order valence-corrected chi connectivity index (χ3v) is 2.42. The van der Waals surface area contributed by atoms with Crippen LogP contribution in [-0.4, -0.2) is 17.7 Å². The van der Waals surface area contributed by atoms with Gasteiger partial charge in [0.1, 0.15) is 17.3 Å². The van der Waals surface area contributed by atoms with Crippen LogP contribution in [0, 0.1) is 5.82 Å². The third-order valence-electron chi connectivity index (χ3n) is 1.79. The second-order valence-corrected chi connectivity index (χ2v) is 3.64. The summed E-state index contributed by atoms with van der Waals surface area (Å²) in [7, 11) is 0. The largest absolute Gasteiger partial charge is 0.494 e. The van der Waals surface area contributed by atoms with E-state index >= 15 is 0 Å². The molecule has 0 unspecified atom stereocenters. The van der Waals surface area contributed by atoms with Gasteiger partial charge in [-0.2, -0.15) is 0 Å². The minimum Gasteiger partial charge on any atom is -0.494 e. The molecule has 0 radical (unpaired) electrons. The molecule has 0 amide bonds. The SMILES string of the molecule is CCOc1cc(F)cc(CC(=O)CBr)c1. The lowest BCUT2D eigenvalue weighted by molar-refractivity contribution is -0.115. The van der Waals surface area contributed by atoms with Gasteiger partial charge in [-0.15, -0.1) is 0 Å². The first-order chi connectivity index (χ1) is 7.15. The standard InChI is InChI=1S/C11H12BrFO2/c1-2-15-11-5-8(3-9(13)6-11)4-10(14)7-12/h3,5-6H,2,4,7H2,1H3. The zero-order valence-electron chi connectivity index (χ0n) is 8.43. The summed E-state index contributed by atoms with van der Waals surface area (Å²) in [5, 5.41) is 0.285. The molecular weight excluding hydrogens is 263 g/mol. The van der Waals surface area contributed by atoms with Gasteiger partial charge in [-0.25, -0.2) is 4.39 Å². The Kier molecular flexibility index (Phi) is 4.75. The van der Waals surface area contributed by atoms with Crippen molar-refractivity contribution in [2.45, 2.75) is 13.3 Å². The minimum atomic E-state index is -0.377. The summed E-state index contributed by atoms with van der Waals surface area (Å²) in [6, 6.07) is 4.35. The molecular formula is C11H12BrFO2. The van der Waals surface area contributed by atoms with E-state index in [2.05, 4.69) is 15.9 Å². The maximum atomic E-state index is 13.1. The number of halogens is 2. The molecule has 0 spiro atoms. The second kappa shape index (κ2) is 5.85. The number of rotatable bonds is 5. The van der Waals surface area contributed by atoms with E-state index in [9.17, 15) is 9.18 Å². The molecule has 0 bridgehead atoms. The summed E-state index contributed by atoms with van der Waals surface area (Å²) in [5.74, 6) is 0.108. The number of hydrogen-bond acceptors (Lipinski definition) is 2. The predicted octanol–water partition coefficient (Wildman–Crippen LogP) is 2.73. The summed E-state index contributed by atoms with van der Waals surface area (Å²) in [6.45, 7) is 2.31. The van der Waals surface area contributed by atoms with Crippen LogP contribution >= 0.6 is 15.9 Å². The lowest BCUT2D eigenvalue weighted by atomic mass is 10.1. The van der Waals surface area contributed by atoms with Crippen molar-refractivity contribution in [2.75, 3.05) is 11.9 Å². The van der Waals surface area contributed by atoms with Crippen LogP contribution in [0.3, 0.4) is 0 Å². The summed E-state index contributed by atoms with van der Waals surface area (Å²) in [5.41, 5.74) is 0.642. The molecule has 4 heteroatoms. The van der Waals surface area contributed by atoms with Crippen LogP contribution in [0.25, 0.3) is 0 Å². The second-order valence-electron chi connectivity index (χ2n) is 3.08. The zero-order chi connectivity index (χ0) is 11.3. The van der Waals surface area contributed by atoms with Crippen molar-refractivity contribution < 1.29 is 13.9 Å². The number of carbonyl (C=O) groups excluding carboxylic acids is 1. The van der Waals surface area contributed by atoms with E-state index in [-0.39, 0.29) is 23.4 Å². The summed E-state index contributed by atoms with van der Waals surface area (Å²) < 4.78 is 18.3. The van der Waals surface area contributed by atoms with E-state index < -0.39 is 0 Å². The van der Waals surface area contributed by atoms with Gasteiger partial charge in [-0.3, -0.25) is 4.79 Å². The van der Waals surface area contributed by atoms with Gasteiger partial charge in [0.05, 0.1) is 11.9 Å². The third kappa shape index (κ3) is 4.00. The Bertz CT molecular complexity index is 352. The first-order valence-corrected chi connectivity index (χ1v) is 5.77. The van der Waals surface area contributed by atoms with Crippen molar-refractivity contribution in [2.24, 2.45) is 0 Å². The molecule has 0 aliphatic rings. The van der Waals surface area contributed by atoms with Crippen LogP contribution in [0.1, 0.15) is 12.5 Å². The maximum absolute atomic E-state index is 13.1. The molecule has 0 saturated carbocycles. The summed E-state index contributed by atoms with van der Waals surface area (Å²) in [4.78, 5) is 11.2. The van der Waals surface area contributed by atoms with Crippen LogP contribution < -0.4 is 4.74 Å². The quantitative estimate of drug-likeness (QED) is 0.772. The Labute approximate surface area is 96.6 Å². The molecule has 0 aromatic heterocycles. The summed E-state index contributed by atoms with van der Waals surface area (Å²) >= 11 is 3.07. The topological polar surface area (TPSA) is 26.3 Å². The molecule has 0 atom stereocenters. The Balaban J connectivity index is 2.83. The highest BCUT2D eigenvalue weighted by Gasteiger charge is 2.05. The Hall–Kier alpha value is -0.900. The van der Waals surface area contributed by atoms with E-state index in [1.165, 1.54) is 12.1 Å². The summed E-state index contributed by atoms with van der Waals surface area (Å²) in [6.07, 6.45) is 0.225. The number of carbonyl (C=O) groups is 1.